The van der Waals surface area contributed by atoms with Crippen molar-refractivity contribution in [3.8, 4) is 0 Å². The predicted molar refractivity (Wildman–Crippen MR) is 72.5 cm³/mol. The van der Waals surface area contributed by atoms with Crippen molar-refractivity contribution in [3.05, 3.63) is 17.0 Å². The van der Waals surface area contributed by atoms with Gasteiger partial charge in [-0.2, -0.15) is 0 Å². The molecule has 1 atom stereocenters. The van der Waals surface area contributed by atoms with Gasteiger partial charge in [0.2, 0.25) is 0 Å². The monoisotopic (exact) mass is 251 g/mol. The van der Waals surface area contributed by atoms with E-state index < -0.39 is 0 Å². The standard InChI is InChI=1S/C14H25N3O/c1-10(2)15-13-6-5-7-17(8-13)9-14-11(3)16-18-12(14)4/h10,13,15H,5-9H2,1-4H3. The molecule has 1 aliphatic heterocycles. The van der Waals surface area contributed by atoms with Crippen LogP contribution >= 0.6 is 0 Å². The van der Waals surface area contributed by atoms with Crippen molar-refractivity contribution in [1.29, 1.82) is 0 Å². The molecule has 4 nitrogen and oxygen atoms in total. The van der Waals surface area contributed by atoms with Crippen LogP contribution < -0.4 is 5.32 Å². The summed E-state index contributed by atoms with van der Waals surface area (Å²) in [5.74, 6) is 0.964. The predicted octanol–water partition coefficient (Wildman–Crippen LogP) is 2.25. The number of aryl methyl sites for hydroxylation is 2. The van der Waals surface area contributed by atoms with Gasteiger partial charge < -0.3 is 9.84 Å². The summed E-state index contributed by atoms with van der Waals surface area (Å²) in [6, 6.07) is 1.19. The van der Waals surface area contributed by atoms with Crippen LogP contribution in [0.25, 0.3) is 0 Å². The molecule has 0 radical (unpaired) electrons. The zero-order chi connectivity index (χ0) is 13.1. The van der Waals surface area contributed by atoms with Gasteiger partial charge in [-0.05, 0) is 33.2 Å². The van der Waals surface area contributed by atoms with Crippen molar-refractivity contribution in [2.45, 2.75) is 59.2 Å². The molecule has 0 spiro atoms. The number of piperidine rings is 1. The van der Waals surface area contributed by atoms with E-state index in [-0.39, 0.29) is 0 Å². The van der Waals surface area contributed by atoms with Crippen molar-refractivity contribution >= 4 is 0 Å². The van der Waals surface area contributed by atoms with E-state index in [0.717, 1.165) is 24.5 Å². The number of likely N-dealkylation sites (tertiary alicyclic amines) is 1. The molecule has 1 saturated heterocycles. The maximum absolute atomic E-state index is 5.24. The number of hydrogen-bond donors (Lipinski definition) is 1. The lowest BCUT2D eigenvalue weighted by atomic mass is 10.0. The fourth-order valence-corrected chi connectivity index (χ4v) is 2.76. The Hall–Kier alpha value is -0.870. The van der Waals surface area contributed by atoms with Crippen molar-refractivity contribution in [3.63, 3.8) is 0 Å². The summed E-state index contributed by atoms with van der Waals surface area (Å²) >= 11 is 0. The molecule has 102 valence electrons. The smallest absolute Gasteiger partial charge is 0.138 e. The van der Waals surface area contributed by atoms with Gasteiger partial charge in [-0.3, -0.25) is 4.90 Å². The van der Waals surface area contributed by atoms with E-state index in [9.17, 15) is 0 Å². The summed E-state index contributed by atoms with van der Waals surface area (Å²) in [5.41, 5.74) is 2.30. The first-order valence-electron chi connectivity index (χ1n) is 6.96. The van der Waals surface area contributed by atoms with E-state index in [4.69, 9.17) is 4.52 Å². The topological polar surface area (TPSA) is 41.3 Å². The molecule has 2 rings (SSSR count). The van der Waals surface area contributed by atoms with Gasteiger partial charge in [0, 0.05) is 30.7 Å². The maximum Gasteiger partial charge on any atom is 0.138 e. The van der Waals surface area contributed by atoms with Crippen LogP contribution in [0.4, 0.5) is 0 Å². The molecule has 1 fully saturated rings. The molecule has 2 heterocycles. The average molecular weight is 251 g/mol. The molecule has 0 aromatic carbocycles. The van der Waals surface area contributed by atoms with Gasteiger partial charge >= 0.3 is 0 Å². The van der Waals surface area contributed by atoms with Crippen LogP contribution in [0.2, 0.25) is 0 Å². The summed E-state index contributed by atoms with van der Waals surface area (Å²) in [7, 11) is 0. The Morgan fingerprint density at radius 1 is 1.44 bits per heavy atom. The molecular weight excluding hydrogens is 226 g/mol. The highest BCUT2D eigenvalue weighted by atomic mass is 16.5. The van der Waals surface area contributed by atoms with Gasteiger partial charge in [-0.15, -0.1) is 0 Å². The Morgan fingerprint density at radius 2 is 2.22 bits per heavy atom. The zero-order valence-corrected chi connectivity index (χ0v) is 12.0. The minimum Gasteiger partial charge on any atom is -0.361 e. The molecule has 0 amide bonds. The molecule has 0 saturated carbocycles. The lowest BCUT2D eigenvalue weighted by molar-refractivity contribution is 0.177. The van der Waals surface area contributed by atoms with E-state index in [1.54, 1.807) is 0 Å². The Morgan fingerprint density at radius 3 is 2.83 bits per heavy atom. The Balaban J connectivity index is 1.93. The van der Waals surface area contributed by atoms with E-state index in [2.05, 4.69) is 29.2 Å². The molecule has 1 aliphatic rings. The third kappa shape index (κ3) is 3.33. The molecule has 1 N–H and O–H groups in total. The number of aromatic nitrogens is 1. The first-order chi connectivity index (χ1) is 8.56. The average Bonchev–Trinajstić information content (AvgIpc) is 2.60. The highest BCUT2D eigenvalue weighted by molar-refractivity contribution is 5.20. The van der Waals surface area contributed by atoms with E-state index >= 15 is 0 Å². The van der Waals surface area contributed by atoms with Crippen LogP contribution in [0.5, 0.6) is 0 Å². The van der Waals surface area contributed by atoms with Crippen LogP contribution in [-0.4, -0.2) is 35.2 Å². The second kappa shape index (κ2) is 5.85. The molecule has 4 heteroatoms. The fraction of sp³-hybridized carbons (Fsp3) is 0.786. The number of hydrogen-bond acceptors (Lipinski definition) is 4. The van der Waals surface area contributed by atoms with E-state index in [1.165, 1.54) is 24.9 Å². The third-order valence-electron chi connectivity index (χ3n) is 3.64. The van der Waals surface area contributed by atoms with Crippen molar-refractivity contribution in [1.82, 2.24) is 15.4 Å². The molecule has 1 aromatic rings. The quantitative estimate of drug-likeness (QED) is 0.891. The Kier molecular flexibility index (Phi) is 4.40. The Bertz CT molecular complexity index is 367. The minimum absolute atomic E-state index is 0.564. The first kappa shape index (κ1) is 13.6. The number of nitrogens with one attached hydrogen (secondary N) is 1. The number of nitrogens with zero attached hydrogens (tertiary/aromatic N) is 2. The van der Waals surface area contributed by atoms with Crippen molar-refractivity contribution in [2.24, 2.45) is 0 Å². The van der Waals surface area contributed by atoms with Crippen LogP contribution in [-0.2, 0) is 6.54 Å². The Labute approximate surface area is 110 Å². The van der Waals surface area contributed by atoms with Crippen LogP contribution in [0.3, 0.4) is 0 Å². The van der Waals surface area contributed by atoms with E-state index in [1.807, 2.05) is 13.8 Å². The molecule has 0 bridgehead atoms. The van der Waals surface area contributed by atoms with Crippen molar-refractivity contribution in [2.75, 3.05) is 13.1 Å². The fourth-order valence-electron chi connectivity index (χ4n) is 2.76. The maximum atomic E-state index is 5.24. The molecule has 18 heavy (non-hydrogen) atoms. The lowest BCUT2D eigenvalue weighted by Crippen LogP contribution is -2.47. The van der Waals surface area contributed by atoms with Gasteiger partial charge in [0.05, 0.1) is 5.69 Å². The van der Waals surface area contributed by atoms with Gasteiger partial charge in [-0.1, -0.05) is 19.0 Å². The van der Waals surface area contributed by atoms with Gasteiger partial charge in [0.15, 0.2) is 0 Å². The SMILES string of the molecule is Cc1noc(C)c1CN1CCCC(NC(C)C)C1. The van der Waals surface area contributed by atoms with Gasteiger partial charge in [-0.25, -0.2) is 0 Å². The molecular formula is C14H25N3O. The third-order valence-corrected chi connectivity index (χ3v) is 3.64. The summed E-state index contributed by atoms with van der Waals surface area (Å²) in [6.45, 7) is 11.7. The van der Waals surface area contributed by atoms with Crippen LogP contribution in [0.15, 0.2) is 4.52 Å². The molecule has 1 unspecified atom stereocenters. The molecule has 1 aromatic heterocycles. The second-order valence-electron chi connectivity index (χ2n) is 5.70. The summed E-state index contributed by atoms with van der Waals surface area (Å²) in [5, 5.41) is 7.67. The van der Waals surface area contributed by atoms with Crippen LogP contribution in [0.1, 0.15) is 43.7 Å². The largest absolute Gasteiger partial charge is 0.361 e. The summed E-state index contributed by atoms with van der Waals surface area (Å²) in [6.07, 6.45) is 2.56. The first-order valence-corrected chi connectivity index (χ1v) is 6.96. The van der Waals surface area contributed by atoms with Gasteiger partial charge in [0.25, 0.3) is 0 Å². The highest BCUT2D eigenvalue weighted by Gasteiger charge is 2.22. The highest BCUT2D eigenvalue weighted by Crippen LogP contribution is 2.18. The normalized spacial score (nSPS) is 21.7. The van der Waals surface area contributed by atoms with Crippen molar-refractivity contribution < 1.29 is 4.52 Å². The lowest BCUT2D eigenvalue weighted by Gasteiger charge is -2.34. The summed E-state index contributed by atoms with van der Waals surface area (Å²) in [4.78, 5) is 2.51. The van der Waals surface area contributed by atoms with Crippen LogP contribution in [0, 0.1) is 13.8 Å². The minimum atomic E-state index is 0.564. The summed E-state index contributed by atoms with van der Waals surface area (Å²) < 4.78 is 5.24. The number of rotatable bonds is 4. The molecule has 0 aliphatic carbocycles. The zero-order valence-electron chi connectivity index (χ0n) is 12.0. The second-order valence-corrected chi connectivity index (χ2v) is 5.70. The van der Waals surface area contributed by atoms with E-state index in [0.29, 0.717) is 12.1 Å². The van der Waals surface area contributed by atoms with Gasteiger partial charge in [0.1, 0.15) is 5.76 Å².